The van der Waals surface area contributed by atoms with Gasteiger partial charge < -0.3 is 14.8 Å². The zero-order chi connectivity index (χ0) is 13.8. The van der Waals surface area contributed by atoms with Crippen LogP contribution in [0.4, 0.5) is 0 Å². The fourth-order valence-electron chi connectivity index (χ4n) is 3.44. The Morgan fingerprint density at radius 3 is 2.80 bits per heavy atom. The summed E-state index contributed by atoms with van der Waals surface area (Å²) in [6.45, 7) is 3.37. The lowest BCUT2D eigenvalue weighted by atomic mass is 9.79. The van der Waals surface area contributed by atoms with Crippen LogP contribution in [0, 0.1) is 11.3 Å². The van der Waals surface area contributed by atoms with Crippen LogP contribution in [-0.4, -0.2) is 32.9 Å². The van der Waals surface area contributed by atoms with Gasteiger partial charge in [0.2, 0.25) is 0 Å². The molecule has 1 heterocycles. The van der Waals surface area contributed by atoms with Crippen molar-refractivity contribution in [3.63, 3.8) is 0 Å². The lowest BCUT2D eigenvalue weighted by molar-refractivity contribution is -0.0291. The van der Waals surface area contributed by atoms with Crippen molar-refractivity contribution < 1.29 is 9.47 Å². The van der Waals surface area contributed by atoms with Crippen LogP contribution in [0.25, 0.3) is 0 Å². The van der Waals surface area contributed by atoms with Crippen LogP contribution in [0.1, 0.15) is 24.8 Å². The van der Waals surface area contributed by atoms with Gasteiger partial charge in [0, 0.05) is 18.6 Å². The molecule has 0 aromatic heterocycles. The lowest BCUT2D eigenvalue weighted by Gasteiger charge is -2.34. The minimum Gasteiger partial charge on any atom is -0.377 e. The van der Waals surface area contributed by atoms with E-state index >= 15 is 0 Å². The van der Waals surface area contributed by atoms with Gasteiger partial charge in [-0.2, -0.15) is 0 Å². The first-order valence-corrected chi connectivity index (χ1v) is 7.72. The third-order valence-corrected chi connectivity index (χ3v) is 4.58. The summed E-state index contributed by atoms with van der Waals surface area (Å²) in [4.78, 5) is 0. The zero-order valence-corrected chi connectivity index (χ0v) is 12.3. The molecule has 2 atom stereocenters. The van der Waals surface area contributed by atoms with Crippen molar-refractivity contribution in [3.05, 3.63) is 35.9 Å². The molecule has 0 spiro atoms. The predicted octanol–water partition coefficient (Wildman–Crippen LogP) is 2.61. The summed E-state index contributed by atoms with van der Waals surface area (Å²) in [5, 5.41) is 3.35. The highest BCUT2D eigenvalue weighted by Gasteiger charge is 2.50. The van der Waals surface area contributed by atoms with Crippen LogP contribution in [0.15, 0.2) is 30.3 Å². The van der Waals surface area contributed by atoms with E-state index in [2.05, 4.69) is 29.6 Å². The number of hydrogen-bond donors (Lipinski definition) is 1. The highest BCUT2D eigenvalue weighted by atomic mass is 16.5. The topological polar surface area (TPSA) is 30.5 Å². The van der Waals surface area contributed by atoms with E-state index < -0.39 is 0 Å². The number of benzene rings is 1. The summed E-state index contributed by atoms with van der Waals surface area (Å²) >= 11 is 0. The van der Waals surface area contributed by atoms with Gasteiger partial charge in [-0.25, -0.2) is 0 Å². The molecular weight excluding hydrogens is 250 g/mol. The highest BCUT2D eigenvalue weighted by Crippen LogP contribution is 2.47. The second-order valence-electron chi connectivity index (χ2n) is 6.25. The van der Waals surface area contributed by atoms with Crippen molar-refractivity contribution in [1.29, 1.82) is 0 Å². The van der Waals surface area contributed by atoms with Gasteiger partial charge in [-0.15, -0.1) is 0 Å². The quantitative estimate of drug-likeness (QED) is 0.830. The maximum atomic E-state index is 6.05. The van der Waals surface area contributed by atoms with Crippen molar-refractivity contribution in [2.45, 2.75) is 32.0 Å². The third-order valence-electron chi connectivity index (χ3n) is 4.58. The molecular formula is C17H25NO2. The van der Waals surface area contributed by atoms with Crippen LogP contribution in [-0.2, 0) is 16.1 Å². The van der Waals surface area contributed by atoms with Crippen molar-refractivity contribution in [3.8, 4) is 0 Å². The Labute approximate surface area is 121 Å². The summed E-state index contributed by atoms with van der Waals surface area (Å²) in [6.07, 6.45) is 4.17. The van der Waals surface area contributed by atoms with Gasteiger partial charge in [-0.05, 0) is 37.8 Å². The van der Waals surface area contributed by atoms with Gasteiger partial charge in [0.25, 0.3) is 0 Å². The summed E-state index contributed by atoms with van der Waals surface area (Å²) in [6, 6.07) is 10.4. The van der Waals surface area contributed by atoms with Crippen molar-refractivity contribution in [2.24, 2.45) is 11.3 Å². The molecule has 3 nitrogen and oxygen atoms in total. The van der Waals surface area contributed by atoms with Crippen LogP contribution in [0.5, 0.6) is 0 Å². The Bertz CT molecular complexity index is 418. The Morgan fingerprint density at radius 1 is 1.30 bits per heavy atom. The van der Waals surface area contributed by atoms with Crippen LogP contribution < -0.4 is 5.32 Å². The van der Waals surface area contributed by atoms with Gasteiger partial charge in [0.15, 0.2) is 0 Å². The van der Waals surface area contributed by atoms with Gasteiger partial charge in [-0.3, -0.25) is 0 Å². The fourth-order valence-corrected chi connectivity index (χ4v) is 3.44. The van der Waals surface area contributed by atoms with E-state index in [0.29, 0.717) is 12.7 Å². The fraction of sp³-hybridized carbons (Fsp3) is 0.647. The van der Waals surface area contributed by atoms with E-state index in [1.807, 2.05) is 13.1 Å². The molecule has 1 saturated heterocycles. The maximum Gasteiger partial charge on any atom is 0.0717 e. The van der Waals surface area contributed by atoms with Gasteiger partial charge in [0.05, 0.1) is 19.3 Å². The third kappa shape index (κ3) is 3.05. The predicted molar refractivity (Wildman–Crippen MR) is 79.5 cm³/mol. The molecule has 1 aliphatic carbocycles. The second kappa shape index (κ2) is 6.25. The van der Waals surface area contributed by atoms with Crippen LogP contribution >= 0.6 is 0 Å². The molecule has 1 aliphatic heterocycles. The SMILES string of the molecule is CNCC1(COCc2ccccc2)CCOC1C1CC1. The number of hydrogen-bond acceptors (Lipinski definition) is 3. The Morgan fingerprint density at radius 2 is 2.10 bits per heavy atom. The van der Waals surface area contributed by atoms with Gasteiger partial charge in [-0.1, -0.05) is 30.3 Å². The van der Waals surface area contributed by atoms with E-state index in [4.69, 9.17) is 9.47 Å². The largest absolute Gasteiger partial charge is 0.377 e. The van der Waals surface area contributed by atoms with E-state index in [1.165, 1.54) is 18.4 Å². The molecule has 0 bridgehead atoms. The lowest BCUT2D eigenvalue weighted by Crippen LogP contribution is -2.44. The Kier molecular flexibility index (Phi) is 4.39. The number of ether oxygens (including phenoxy) is 2. The zero-order valence-electron chi connectivity index (χ0n) is 12.3. The standard InChI is InChI=1S/C17H25NO2/c1-18-12-17(9-10-20-16(17)15-7-8-15)13-19-11-14-5-3-2-4-6-14/h2-6,15-16,18H,7-13H2,1H3. The molecule has 1 saturated carbocycles. The first-order chi connectivity index (χ1) is 9.84. The minimum atomic E-state index is 0.171. The summed E-state index contributed by atoms with van der Waals surface area (Å²) in [5.74, 6) is 0.770. The monoisotopic (exact) mass is 275 g/mol. The maximum absolute atomic E-state index is 6.05. The summed E-state index contributed by atoms with van der Waals surface area (Å²) in [7, 11) is 2.03. The molecule has 3 rings (SSSR count). The second-order valence-corrected chi connectivity index (χ2v) is 6.25. The molecule has 0 radical (unpaired) electrons. The summed E-state index contributed by atoms with van der Waals surface area (Å²) < 4.78 is 12.1. The average molecular weight is 275 g/mol. The molecule has 1 aromatic rings. The van der Waals surface area contributed by atoms with E-state index in [0.717, 1.165) is 32.1 Å². The van der Waals surface area contributed by atoms with E-state index in [1.54, 1.807) is 0 Å². The Balaban J connectivity index is 1.59. The number of nitrogens with one attached hydrogen (secondary N) is 1. The molecule has 2 aliphatic rings. The van der Waals surface area contributed by atoms with Crippen LogP contribution in [0.3, 0.4) is 0 Å². The molecule has 2 fully saturated rings. The van der Waals surface area contributed by atoms with E-state index in [-0.39, 0.29) is 5.41 Å². The smallest absolute Gasteiger partial charge is 0.0717 e. The summed E-state index contributed by atoms with van der Waals surface area (Å²) in [5.41, 5.74) is 1.42. The first-order valence-electron chi connectivity index (χ1n) is 7.72. The first kappa shape index (κ1) is 14.1. The van der Waals surface area contributed by atoms with Gasteiger partial charge >= 0.3 is 0 Å². The Hall–Kier alpha value is -0.900. The normalized spacial score (nSPS) is 29.8. The van der Waals surface area contributed by atoms with Crippen molar-refractivity contribution in [1.82, 2.24) is 5.32 Å². The van der Waals surface area contributed by atoms with Crippen LogP contribution in [0.2, 0.25) is 0 Å². The molecule has 1 N–H and O–H groups in total. The minimum absolute atomic E-state index is 0.171. The number of rotatable bonds is 7. The van der Waals surface area contributed by atoms with Crippen molar-refractivity contribution in [2.75, 3.05) is 26.8 Å². The molecule has 20 heavy (non-hydrogen) atoms. The van der Waals surface area contributed by atoms with Crippen molar-refractivity contribution >= 4 is 0 Å². The average Bonchev–Trinajstić information content (AvgIpc) is 3.23. The molecule has 110 valence electrons. The highest BCUT2D eigenvalue weighted by molar-refractivity contribution is 5.13. The molecule has 2 unspecified atom stereocenters. The van der Waals surface area contributed by atoms with Gasteiger partial charge in [0.1, 0.15) is 0 Å². The molecule has 3 heteroatoms. The molecule has 1 aromatic carbocycles. The molecule has 0 amide bonds. The van der Waals surface area contributed by atoms with E-state index in [9.17, 15) is 0 Å².